The van der Waals surface area contributed by atoms with Crippen LogP contribution in [0.1, 0.15) is 0 Å². The molecule has 1 fully saturated rings. The minimum absolute atomic E-state index is 0. The molecular weight excluding hydrogens is 240 g/mol. The molecule has 15 heavy (non-hydrogen) atoms. The van der Waals surface area contributed by atoms with Gasteiger partial charge < -0.3 is 10.1 Å². The molecule has 1 aromatic rings. The summed E-state index contributed by atoms with van der Waals surface area (Å²) in [5, 5.41) is 13.5. The number of anilines is 1. The highest BCUT2D eigenvalue weighted by Gasteiger charge is 2.22. The molecule has 1 atom stereocenters. The van der Waals surface area contributed by atoms with Crippen molar-refractivity contribution in [2.24, 2.45) is 0 Å². The third-order valence-electron chi connectivity index (χ3n) is 1.81. The Balaban J connectivity index is 0.00000112. The van der Waals surface area contributed by atoms with Crippen LogP contribution in [0.25, 0.3) is 0 Å². The van der Waals surface area contributed by atoms with Gasteiger partial charge in [0.15, 0.2) is 0 Å². The van der Waals surface area contributed by atoms with Gasteiger partial charge in [-0.15, -0.1) is 22.6 Å². The Labute approximate surface area is 96.8 Å². The maximum atomic E-state index is 11.5. The molecule has 1 aliphatic rings. The molecule has 1 unspecified atom stereocenters. The second-order valence-electron chi connectivity index (χ2n) is 2.80. The van der Waals surface area contributed by atoms with Crippen LogP contribution in [0.15, 0.2) is 5.51 Å². The molecule has 8 heteroatoms. The van der Waals surface area contributed by atoms with Gasteiger partial charge in [0.2, 0.25) is 5.13 Å². The summed E-state index contributed by atoms with van der Waals surface area (Å²) in [6.07, 6.45) is -0.423. The van der Waals surface area contributed by atoms with Gasteiger partial charge >= 0.3 is 0 Å². The molecule has 1 saturated heterocycles. The smallest absolute Gasteiger partial charge is 0.256 e. The van der Waals surface area contributed by atoms with Gasteiger partial charge in [-0.2, -0.15) is 0 Å². The zero-order valence-corrected chi connectivity index (χ0v) is 9.44. The fraction of sp³-hybridized carbons (Fsp3) is 0.571. The number of amides is 1. The van der Waals surface area contributed by atoms with Crippen LogP contribution in [0.2, 0.25) is 0 Å². The van der Waals surface area contributed by atoms with Gasteiger partial charge in [-0.25, -0.2) is 0 Å². The average Bonchev–Trinajstić information content (AvgIpc) is 2.72. The van der Waals surface area contributed by atoms with Crippen LogP contribution in [0.4, 0.5) is 5.13 Å². The van der Waals surface area contributed by atoms with Gasteiger partial charge in [0.25, 0.3) is 5.91 Å². The fourth-order valence-corrected chi connectivity index (χ4v) is 1.60. The second-order valence-corrected chi connectivity index (χ2v) is 3.63. The van der Waals surface area contributed by atoms with Crippen molar-refractivity contribution in [1.29, 1.82) is 0 Å². The molecular formula is C7H11ClN4O2S. The molecule has 0 radical (unpaired) electrons. The molecule has 84 valence electrons. The lowest BCUT2D eigenvalue weighted by atomic mass is 10.3. The van der Waals surface area contributed by atoms with E-state index in [0.717, 1.165) is 6.54 Å². The summed E-state index contributed by atoms with van der Waals surface area (Å²) in [6.45, 7) is 1.90. The summed E-state index contributed by atoms with van der Waals surface area (Å²) in [7, 11) is 0. The normalized spacial score (nSPS) is 20.4. The molecule has 1 aliphatic heterocycles. The van der Waals surface area contributed by atoms with E-state index in [1.54, 1.807) is 5.51 Å². The summed E-state index contributed by atoms with van der Waals surface area (Å²) in [5.74, 6) is -0.172. The van der Waals surface area contributed by atoms with E-state index in [-0.39, 0.29) is 18.3 Å². The fourth-order valence-electron chi connectivity index (χ4n) is 1.15. The molecule has 6 nitrogen and oxygen atoms in total. The number of carbonyl (C=O) groups excluding carboxylic acids is 1. The molecule has 2 heterocycles. The molecule has 1 aromatic heterocycles. The first-order valence-corrected chi connectivity index (χ1v) is 5.13. The van der Waals surface area contributed by atoms with Crippen LogP contribution in [0.3, 0.4) is 0 Å². The van der Waals surface area contributed by atoms with E-state index in [9.17, 15) is 4.79 Å². The minimum Gasteiger partial charge on any atom is -0.366 e. The van der Waals surface area contributed by atoms with Crippen molar-refractivity contribution in [3.63, 3.8) is 0 Å². The summed E-state index contributed by atoms with van der Waals surface area (Å²) in [4.78, 5) is 11.5. The number of carbonyl (C=O) groups is 1. The third kappa shape index (κ3) is 3.38. The molecule has 0 bridgehead atoms. The van der Waals surface area contributed by atoms with Gasteiger partial charge in [-0.3, -0.25) is 10.1 Å². The van der Waals surface area contributed by atoms with Gasteiger partial charge in [0, 0.05) is 13.1 Å². The second kappa shape index (κ2) is 5.96. The lowest BCUT2D eigenvalue weighted by molar-refractivity contribution is -0.128. The van der Waals surface area contributed by atoms with Crippen molar-refractivity contribution in [1.82, 2.24) is 15.5 Å². The van der Waals surface area contributed by atoms with Crippen LogP contribution < -0.4 is 10.6 Å². The average molecular weight is 251 g/mol. The predicted molar refractivity (Wildman–Crippen MR) is 58.4 cm³/mol. The standard InChI is InChI=1S/C7H10N4O2S.ClH/c12-6(5-3-8-1-2-13-5)10-7-11-9-4-14-7;/h4-5,8H,1-3H2,(H,10,11,12);1H. The maximum absolute atomic E-state index is 11.5. The number of halogens is 1. The van der Waals surface area contributed by atoms with Crippen molar-refractivity contribution in [3.8, 4) is 0 Å². The van der Waals surface area contributed by atoms with E-state index in [2.05, 4.69) is 20.8 Å². The number of ether oxygens (including phenoxy) is 1. The monoisotopic (exact) mass is 250 g/mol. The summed E-state index contributed by atoms with van der Waals surface area (Å²) in [5.41, 5.74) is 1.57. The quantitative estimate of drug-likeness (QED) is 0.766. The van der Waals surface area contributed by atoms with Crippen molar-refractivity contribution in [2.75, 3.05) is 25.0 Å². The Hall–Kier alpha value is -0.760. The molecule has 2 rings (SSSR count). The Morgan fingerprint density at radius 1 is 1.73 bits per heavy atom. The van der Waals surface area contributed by atoms with E-state index in [0.29, 0.717) is 18.3 Å². The first kappa shape index (κ1) is 12.3. The van der Waals surface area contributed by atoms with Crippen molar-refractivity contribution in [3.05, 3.63) is 5.51 Å². The summed E-state index contributed by atoms with van der Waals surface area (Å²) >= 11 is 1.29. The van der Waals surface area contributed by atoms with Crippen LogP contribution in [0, 0.1) is 0 Å². The van der Waals surface area contributed by atoms with E-state index in [1.165, 1.54) is 11.3 Å². The van der Waals surface area contributed by atoms with Crippen LogP contribution in [0.5, 0.6) is 0 Å². The number of hydrogen-bond acceptors (Lipinski definition) is 6. The Morgan fingerprint density at radius 3 is 3.20 bits per heavy atom. The van der Waals surface area contributed by atoms with Crippen molar-refractivity contribution in [2.45, 2.75) is 6.10 Å². The number of morpholine rings is 1. The van der Waals surface area contributed by atoms with Crippen molar-refractivity contribution < 1.29 is 9.53 Å². The lowest BCUT2D eigenvalue weighted by Gasteiger charge is -2.21. The molecule has 1 amide bonds. The Morgan fingerprint density at radius 2 is 2.60 bits per heavy atom. The minimum atomic E-state index is -0.423. The molecule has 2 N–H and O–H groups in total. The summed E-state index contributed by atoms with van der Waals surface area (Å²) in [6, 6.07) is 0. The van der Waals surface area contributed by atoms with Crippen LogP contribution in [-0.4, -0.2) is 41.9 Å². The van der Waals surface area contributed by atoms with Gasteiger partial charge in [-0.05, 0) is 0 Å². The highest BCUT2D eigenvalue weighted by Crippen LogP contribution is 2.09. The molecule has 0 aliphatic carbocycles. The first-order chi connectivity index (χ1) is 6.86. The highest BCUT2D eigenvalue weighted by atomic mass is 35.5. The molecule has 0 saturated carbocycles. The van der Waals surface area contributed by atoms with Gasteiger partial charge in [0.1, 0.15) is 11.6 Å². The number of rotatable bonds is 2. The first-order valence-electron chi connectivity index (χ1n) is 4.25. The number of aromatic nitrogens is 2. The third-order valence-corrected chi connectivity index (χ3v) is 2.42. The van der Waals surface area contributed by atoms with E-state index >= 15 is 0 Å². The molecule has 0 spiro atoms. The largest absolute Gasteiger partial charge is 0.366 e. The Kier molecular flexibility index (Phi) is 4.89. The topological polar surface area (TPSA) is 76.1 Å². The predicted octanol–water partition coefficient (Wildman–Crippen LogP) is -0.113. The number of nitrogens with one attached hydrogen (secondary N) is 2. The Bertz CT molecular complexity index is 302. The summed E-state index contributed by atoms with van der Waals surface area (Å²) < 4.78 is 5.27. The van der Waals surface area contributed by atoms with E-state index in [4.69, 9.17) is 4.74 Å². The van der Waals surface area contributed by atoms with Crippen LogP contribution >= 0.6 is 23.7 Å². The van der Waals surface area contributed by atoms with Crippen molar-refractivity contribution >= 4 is 34.8 Å². The molecule has 0 aromatic carbocycles. The SMILES string of the molecule is Cl.O=C(Nc1nncs1)C1CNCCO1. The highest BCUT2D eigenvalue weighted by molar-refractivity contribution is 7.13. The van der Waals surface area contributed by atoms with Gasteiger partial charge in [-0.1, -0.05) is 11.3 Å². The van der Waals surface area contributed by atoms with Crippen LogP contribution in [-0.2, 0) is 9.53 Å². The zero-order chi connectivity index (χ0) is 9.80. The van der Waals surface area contributed by atoms with E-state index in [1.807, 2.05) is 0 Å². The van der Waals surface area contributed by atoms with E-state index < -0.39 is 6.10 Å². The number of hydrogen-bond donors (Lipinski definition) is 2. The maximum Gasteiger partial charge on any atom is 0.256 e. The van der Waals surface area contributed by atoms with Gasteiger partial charge in [0.05, 0.1) is 6.61 Å². The number of nitrogens with zero attached hydrogens (tertiary/aromatic N) is 2. The zero-order valence-electron chi connectivity index (χ0n) is 7.80. The lowest BCUT2D eigenvalue weighted by Crippen LogP contribution is -2.45.